The normalized spacial score (nSPS) is 19.7. The molecule has 0 N–H and O–H groups in total. The monoisotopic (exact) mass is 738 g/mol. The van der Waals surface area contributed by atoms with Crippen LogP contribution in [0.15, 0.2) is 109 Å². The highest BCUT2D eigenvalue weighted by atomic mass is 16.5. The maximum absolute atomic E-state index is 7.11. The Labute approximate surface area is 333 Å². The molecule has 0 spiro atoms. The van der Waals surface area contributed by atoms with E-state index in [2.05, 4.69) is 161 Å². The molecule has 0 saturated carbocycles. The molecule has 0 saturated heterocycles. The SMILES string of the molecule is CC1(C)c2cc3c(cc2C(C)(C)C1(C)C)N(c1cccc(-c2nc(-c4ccccc4)nc(-c4ccccc4)n2)c1)c1cc2c(cc1O3)C(C)(C)C(C)(C)C2(C)C. The Bertz CT molecular complexity index is 2410. The Morgan fingerprint density at radius 2 is 0.750 bits per heavy atom. The predicted octanol–water partition coefficient (Wildman–Crippen LogP) is 13.6. The van der Waals surface area contributed by atoms with Gasteiger partial charge in [0, 0.05) is 22.4 Å². The molecule has 0 radical (unpaired) electrons. The minimum atomic E-state index is -0.0742. The van der Waals surface area contributed by atoms with E-state index >= 15 is 0 Å². The van der Waals surface area contributed by atoms with Crippen molar-refractivity contribution in [3.8, 4) is 45.7 Å². The van der Waals surface area contributed by atoms with Gasteiger partial charge in [0.2, 0.25) is 0 Å². The smallest absolute Gasteiger partial charge is 0.164 e. The number of anilines is 3. The van der Waals surface area contributed by atoms with Crippen LogP contribution >= 0.6 is 0 Å². The molecule has 284 valence electrons. The number of ether oxygens (including phenoxy) is 1. The number of fused-ring (bicyclic) bond motifs is 4. The lowest BCUT2D eigenvalue weighted by molar-refractivity contribution is 0.125. The number of hydrogen-bond donors (Lipinski definition) is 0. The topological polar surface area (TPSA) is 51.1 Å². The third-order valence-corrected chi connectivity index (χ3v) is 15.9. The molecule has 0 fully saturated rings. The van der Waals surface area contributed by atoms with Crippen LogP contribution in [0.3, 0.4) is 0 Å². The largest absolute Gasteiger partial charge is 0.453 e. The van der Waals surface area contributed by atoms with Gasteiger partial charge in [-0.1, -0.05) is 156 Å². The van der Waals surface area contributed by atoms with Crippen LogP contribution in [-0.4, -0.2) is 15.0 Å². The zero-order chi connectivity index (χ0) is 39.8. The minimum absolute atomic E-state index is 0.0102. The summed E-state index contributed by atoms with van der Waals surface area (Å²) in [5.74, 6) is 3.69. The first-order valence-corrected chi connectivity index (χ1v) is 20.1. The quantitative estimate of drug-likeness (QED) is 0.180. The lowest BCUT2D eigenvalue weighted by Gasteiger charge is -2.44. The Morgan fingerprint density at radius 1 is 0.393 bits per heavy atom. The fraction of sp³-hybridized carbons (Fsp3) is 0.353. The van der Waals surface area contributed by atoms with E-state index in [1.807, 2.05) is 36.4 Å². The molecule has 1 aromatic heterocycles. The third-order valence-electron chi connectivity index (χ3n) is 15.9. The van der Waals surface area contributed by atoms with Gasteiger partial charge in [-0.25, -0.2) is 15.0 Å². The van der Waals surface area contributed by atoms with E-state index in [0.717, 1.165) is 45.3 Å². The highest BCUT2D eigenvalue weighted by Gasteiger charge is 2.59. The van der Waals surface area contributed by atoms with Gasteiger partial charge >= 0.3 is 0 Å². The lowest BCUT2D eigenvalue weighted by atomic mass is 9.59. The third kappa shape index (κ3) is 4.75. The summed E-state index contributed by atoms with van der Waals surface area (Å²) in [5, 5.41) is 0. The van der Waals surface area contributed by atoms with Gasteiger partial charge in [-0.05, 0) is 91.1 Å². The molecular weight excluding hydrogens is 685 g/mol. The van der Waals surface area contributed by atoms with Crippen LogP contribution in [0.5, 0.6) is 11.5 Å². The fourth-order valence-electron chi connectivity index (χ4n) is 9.88. The first-order valence-electron chi connectivity index (χ1n) is 20.1. The van der Waals surface area contributed by atoms with Crippen molar-refractivity contribution < 1.29 is 4.74 Å². The standard InChI is InChI=1S/C51H54N4O/c1-46(2)35-27-39-41(29-37(35)48(5,6)50(46,9)10)56-42-30-38-36(47(3,4)51(11,12)49(38,7)8)28-40(42)55(39)34-25-19-24-33(26-34)45-53-43(31-20-15-13-16-21-31)52-44(54-45)32-22-17-14-18-23-32/h13-30H,1-12H3. The molecule has 1 aliphatic heterocycles. The molecule has 2 heterocycles. The minimum Gasteiger partial charge on any atom is -0.453 e. The molecule has 0 atom stereocenters. The molecule has 0 unspecified atom stereocenters. The number of rotatable bonds is 4. The van der Waals surface area contributed by atoms with Gasteiger partial charge < -0.3 is 9.64 Å². The highest BCUT2D eigenvalue weighted by molar-refractivity contribution is 5.89. The average molecular weight is 739 g/mol. The van der Waals surface area contributed by atoms with Crippen molar-refractivity contribution in [1.82, 2.24) is 15.0 Å². The van der Waals surface area contributed by atoms with Gasteiger partial charge in [0.1, 0.15) is 0 Å². The molecule has 5 nitrogen and oxygen atoms in total. The average Bonchev–Trinajstić information content (AvgIpc) is 3.35. The number of nitrogens with zero attached hydrogens (tertiary/aromatic N) is 4. The van der Waals surface area contributed by atoms with Crippen LogP contribution in [0.2, 0.25) is 0 Å². The van der Waals surface area contributed by atoms with Crippen LogP contribution in [0.1, 0.15) is 105 Å². The Hall–Kier alpha value is -5.29. The number of aromatic nitrogens is 3. The number of benzene rings is 5. The van der Waals surface area contributed by atoms with Crippen LogP contribution in [-0.2, 0) is 21.7 Å². The Kier molecular flexibility index (Phi) is 7.55. The molecular formula is C51H54N4O. The maximum Gasteiger partial charge on any atom is 0.164 e. The van der Waals surface area contributed by atoms with Gasteiger partial charge in [0.25, 0.3) is 0 Å². The molecule has 5 heteroatoms. The van der Waals surface area contributed by atoms with E-state index in [-0.39, 0.29) is 32.5 Å². The Balaban J connectivity index is 1.28. The van der Waals surface area contributed by atoms with Gasteiger partial charge in [0.15, 0.2) is 29.0 Å². The van der Waals surface area contributed by atoms with Crippen molar-refractivity contribution in [2.75, 3.05) is 4.90 Å². The van der Waals surface area contributed by atoms with E-state index in [1.165, 1.54) is 22.3 Å². The van der Waals surface area contributed by atoms with Crippen molar-refractivity contribution in [2.24, 2.45) is 10.8 Å². The van der Waals surface area contributed by atoms with Crippen molar-refractivity contribution in [3.05, 3.63) is 131 Å². The summed E-state index contributed by atoms with van der Waals surface area (Å²) in [6, 6.07) is 38.5. The Morgan fingerprint density at radius 3 is 1.16 bits per heavy atom. The molecule has 9 rings (SSSR count). The maximum atomic E-state index is 7.11. The number of hydrogen-bond acceptors (Lipinski definition) is 5. The van der Waals surface area contributed by atoms with Crippen LogP contribution in [0.25, 0.3) is 34.2 Å². The molecule has 56 heavy (non-hydrogen) atoms. The highest BCUT2D eigenvalue weighted by Crippen LogP contribution is 2.67. The molecule has 3 aliphatic rings. The zero-order valence-electron chi connectivity index (χ0n) is 35.1. The van der Waals surface area contributed by atoms with E-state index in [1.54, 1.807) is 0 Å². The van der Waals surface area contributed by atoms with E-state index in [0.29, 0.717) is 17.5 Å². The molecule has 5 aromatic carbocycles. The summed E-state index contributed by atoms with van der Waals surface area (Å²) in [4.78, 5) is 17.6. The molecule has 0 bridgehead atoms. The van der Waals surface area contributed by atoms with Crippen LogP contribution in [0, 0.1) is 10.8 Å². The van der Waals surface area contributed by atoms with Crippen LogP contribution < -0.4 is 9.64 Å². The first kappa shape index (κ1) is 36.4. The van der Waals surface area contributed by atoms with Crippen molar-refractivity contribution >= 4 is 17.1 Å². The van der Waals surface area contributed by atoms with Gasteiger partial charge in [-0.2, -0.15) is 0 Å². The van der Waals surface area contributed by atoms with Gasteiger partial charge in [0.05, 0.1) is 11.4 Å². The lowest BCUT2D eigenvalue weighted by Crippen LogP contribution is -2.42. The van der Waals surface area contributed by atoms with Gasteiger partial charge in [-0.3, -0.25) is 0 Å². The second-order valence-corrected chi connectivity index (χ2v) is 19.5. The summed E-state index contributed by atoms with van der Waals surface area (Å²) >= 11 is 0. The summed E-state index contributed by atoms with van der Waals surface area (Å²) < 4.78 is 7.11. The zero-order valence-corrected chi connectivity index (χ0v) is 35.1. The van der Waals surface area contributed by atoms with E-state index in [9.17, 15) is 0 Å². The van der Waals surface area contributed by atoms with Crippen molar-refractivity contribution in [1.29, 1.82) is 0 Å². The van der Waals surface area contributed by atoms with Crippen LogP contribution in [0.4, 0.5) is 17.1 Å². The molecule has 6 aromatic rings. The summed E-state index contributed by atoms with van der Waals surface area (Å²) in [6.45, 7) is 28.9. The first-order chi connectivity index (χ1) is 26.3. The summed E-state index contributed by atoms with van der Waals surface area (Å²) in [5.41, 5.74) is 11.2. The second kappa shape index (κ2) is 11.6. The second-order valence-electron chi connectivity index (χ2n) is 19.5. The van der Waals surface area contributed by atoms with Crippen molar-refractivity contribution in [2.45, 2.75) is 105 Å². The van der Waals surface area contributed by atoms with E-state index in [4.69, 9.17) is 19.7 Å². The summed E-state index contributed by atoms with van der Waals surface area (Å²) in [7, 11) is 0. The van der Waals surface area contributed by atoms with E-state index < -0.39 is 0 Å². The summed E-state index contributed by atoms with van der Waals surface area (Å²) in [6.07, 6.45) is 0. The predicted molar refractivity (Wildman–Crippen MR) is 231 cm³/mol. The fourth-order valence-corrected chi connectivity index (χ4v) is 9.88. The molecule has 2 aliphatic carbocycles. The molecule has 0 amide bonds. The van der Waals surface area contributed by atoms with Gasteiger partial charge in [-0.15, -0.1) is 0 Å². The van der Waals surface area contributed by atoms with Crippen molar-refractivity contribution in [3.63, 3.8) is 0 Å².